The summed E-state index contributed by atoms with van der Waals surface area (Å²) in [5, 5.41) is 0. The highest BCUT2D eigenvalue weighted by molar-refractivity contribution is 5.86. The minimum absolute atomic E-state index is 0. The third-order valence-corrected chi connectivity index (χ3v) is 3.58. The van der Waals surface area contributed by atoms with Gasteiger partial charge in [-0.2, -0.15) is 0 Å². The van der Waals surface area contributed by atoms with Crippen LogP contribution in [0.15, 0.2) is 85.5 Å². The van der Waals surface area contributed by atoms with E-state index in [-0.39, 0.29) is 86.5 Å². The van der Waals surface area contributed by atoms with Crippen LogP contribution in [-0.2, 0) is 25.4 Å². The molecule has 0 radical (unpaired) electrons. The molecule has 2 aromatic rings. The van der Waals surface area contributed by atoms with Crippen molar-refractivity contribution >= 4 is 5.97 Å². The zero-order valence-electron chi connectivity index (χ0n) is 23.9. The fourth-order valence-electron chi connectivity index (χ4n) is 1.97. The Morgan fingerprint density at radius 3 is 1.33 bits per heavy atom. The molecule has 5 heteroatoms. The van der Waals surface area contributed by atoms with Gasteiger partial charge >= 0.3 is 5.97 Å². The predicted molar refractivity (Wildman–Crippen MR) is 221 cm³/mol. The fourth-order valence-corrected chi connectivity index (χ4v) is 1.97. The molecule has 46 heavy (non-hydrogen) atoms. The number of carbonyl (C=O) groups is 1. The molecule has 0 spiro atoms. The van der Waals surface area contributed by atoms with Crippen molar-refractivity contribution in [1.82, 2.24) is 0 Å². The molecule has 1 fully saturated rings. The van der Waals surface area contributed by atoms with Gasteiger partial charge in [0.15, 0.2) is 6.29 Å². The number of epoxide rings is 1. The van der Waals surface area contributed by atoms with Crippen LogP contribution < -0.4 is 4.74 Å². The summed E-state index contributed by atoms with van der Waals surface area (Å²) in [5.74, 6) is 0.632. The van der Waals surface area contributed by atoms with Gasteiger partial charge in [0.2, 0.25) is 0 Å². The average Bonchev–Trinajstić information content (AvgIpc) is 3.73. The predicted octanol–water partition coefficient (Wildman–Crippen LogP) is 14.4. The van der Waals surface area contributed by atoms with Gasteiger partial charge in [0.05, 0.1) is 13.2 Å². The molecule has 284 valence electrons. The van der Waals surface area contributed by atoms with E-state index in [1.807, 2.05) is 71.0 Å². The minimum atomic E-state index is -0.312. The summed E-state index contributed by atoms with van der Waals surface area (Å²) < 4.78 is 19.4. The molecule has 0 saturated carbocycles. The van der Waals surface area contributed by atoms with Crippen LogP contribution in [-0.4, -0.2) is 38.7 Å². The van der Waals surface area contributed by atoms with Gasteiger partial charge in [-0.3, -0.25) is 0 Å². The van der Waals surface area contributed by atoms with E-state index in [1.54, 1.807) is 19.9 Å². The van der Waals surface area contributed by atoms with Crippen molar-refractivity contribution in [2.24, 2.45) is 0 Å². The van der Waals surface area contributed by atoms with Crippen LogP contribution >= 0.6 is 0 Å². The number of ether oxygens (including phenoxy) is 4. The molecule has 0 amide bonds. The number of hydrogen-bond acceptors (Lipinski definition) is 5. The molecule has 1 atom stereocenters. The summed E-state index contributed by atoms with van der Waals surface area (Å²) in [6, 6.07) is 20.3. The first kappa shape index (κ1) is 84.3. The van der Waals surface area contributed by atoms with Gasteiger partial charge in [0.25, 0.3) is 0 Å². The van der Waals surface area contributed by atoms with E-state index in [1.165, 1.54) is 5.56 Å². The van der Waals surface area contributed by atoms with Gasteiger partial charge in [-0.15, -0.1) is 6.58 Å². The second-order valence-electron chi connectivity index (χ2n) is 6.71. The molecular formula is C41H90O5. The Balaban J connectivity index is -0.0000000257. The van der Waals surface area contributed by atoms with Crippen molar-refractivity contribution in [1.29, 1.82) is 0 Å². The van der Waals surface area contributed by atoms with Gasteiger partial charge in [-0.05, 0) is 58.7 Å². The fraction of sp³-hybridized carbons (Fsp3) is 0.585. The van der Waals surface area contributed by atoms with E-state index in [0.717, 1.165) is 32.0 Å². The molecule has 1 aliphatic rings. The van der Waals surface area contributed by atoms with E-state index in [4.69, 9.17) is 14.2 Å². The lowest BCUT2D eigenvalue weighted by atomic mass is 10.2. The number of carbonyl (C=O) groups excluding carboxylic acids is 1. The van der Waals surface area contributed by atoms with Crippen LogP contribution in [0.5, 0.6) is 5.75 Å². The van der Waals surface area contributed by atoms with Crippen molar-refractivity contribution in [3.8, 4) is 5.75 Å². The summed E-state index contributed by atoms with van der Waals surface area (Å²) >= 11 is 0. The Hall–Kier alpha value is -2.89. The quantitative estimate of drug-likeness (QED) is 0.128. The van der Waals surface area contributed by atoms with Gasteiger partial charge in [0, 0.05) is 12.2 Å². The second-order valence-corrected chi connectivity index (χ2v) is 6.71. The molecule has 1 aliphatic heterocycles. The molecule has 1 saturated heterocycles. The van der Waals surface area contributed by atoms with Crippen LogP contribution in [0, 0.1) is 0 Å². The minimum Gasteiger partial charge on any atom is -0.494 e. The van der Waals surface area contributed by atoms with E-state index in [2.05, 4.69) is 49.1 Å². The summed E-state index contributed by atoms with van der Waals surface area (Å²) in [6.07, 6.45) is 3.04. The monoisotopic (exact) mass is 663 g/mol. The van der Waals surface area contributed by atoms with Crippen LogP contribution in [0.4, 0.5) is 0 Å². The highest BCUT2D eigenvalue weighted by atomic mass is 16.8. The van der Waals surface area contributed by atoms with Gasteiger partial charge < -0.3 is 18.9 Å². The molecule has 2 aromatic carbocycles. The zero-order valence-corrected chi connectivity index (χ0v) is 23.9. The molecule has 3 rings (SSSR count). The Morgan fingerprint density at radius 1 is 0.761 bits per heavy atom. The maximum atomic E-state index is 10.4. The first-order valence-electron chi connectivity index (χ1n) is 12.7. The topological polar surface area (TPSA) is 57.3 Å². The average molecular weight is 663 g/mol. The zero-order chi connectivity index (χ0) is 28.0. The number of allylic oxidation sites excluding steroid dienone is 1. The third kappa shape index (κ3) is 68.3. The Labute approximate surface area is 294 Å². The smallest absolute Gasteiger partial charge is 0.333 e. The van der Waals surface area contributed by atoms with E-state index < -0.39 is 0 Å². The Bertz CT molecular complexity index is 727. The van der Waals surface area contributed by atoms with Crippen LogP contribution in [0.2, 0.25) is 0 Å². The number of para-hydroxylation sites is 1. The first-order valence-corrected chi connectivity index (χ1v) is 12.7. The standard InChI is InChI=1S/C8H10O.C8H10.C6H10O2.C4H8O2.C3H6.C2H6.10CH4/c1-2-9-8-6-4-3-5-7-8;1-2-8-6-4-3-5-7-8;1-4-8-6(7)5(2)3;1-2-5-4-3-6-4;1-3-2;1-2;;;;;;;;;;/h3-7H,2H2,1H3;3-7H,2H2,1H3;2,4H2,1,3H3;4H,2-3H2,1H3;3H,1H2,2H3;1-2H3;10*1H4. The number of esters is 1. The number of benzene rings is 2. The Kier molecular flexibility index (Phi) is 127. The second kappa shape index (κ2) is 69.0. The lowest BCUT2D eigenvalue weighted by Crippen LogP contribution is -2.03. The van der Waals surface area contributed by atoms with E-state index in [0.29, 0.717) is 12.2 Å². The van der Waals surface area contributed by atoms with Crippen molar-refractivity contribution in [3.05, 3.63) is 91.0 Å². The molecular weight excluding hydrogens is 572 g/mol. The molecule has 0 N–H and O–H groups in total. The third-order valence-electron chi connectivity index (χ3n) is 3.58. The summed E-state index contributed by atoms with van der Waals surface area (Å²) in [7, 11) is 0. The maximum Gasteiger partial charge on any atom is 0.333 e. The largest absolute Gasteiger partial charge is 0.494 e. The van der Waals surface area contributed by atoms with Gasteiger partial charge in [-0.25, -0.2) is 4.79 Å². The highest BCUT2D eigenvalue weighted by Gasteiger charge is 2.21. The summed E-state index contributed by atoms with van der Waals surface area (Å²) in [4.78, 5) is 10.4. The van der Waals surface area contributed by atoms with Crippen LogP contribution in [0.25, 0.3) is 0 Å². The van der Waals surface area contributed by atoms with Crippen LogP contribution in [0.1, 0.15) is 135 Å². The van der Waals surface area contributed by atoms with Crippen molar-refractivity contribution in [2.45, 2.75) is 142 Å². The van der Waals surface area contributed by atoms with Gasteiger partial charge in [-0.1, -0.05) is 156 Å². The SMILES string of the molecule is C.C.C.C.C.C.C.C.C.C.C=C(C)C(=O)OCC.C=CC.CC.CCOC1CO1.CCOc1ccccc1.CCc1ccccc1. The van der Waals surface area contributed by atoms with E-state index in [9.17, 15) is 4.79 Å². The molecule has 0 bridgehead atoms. The number of hydrogen-bond donors (Lipinski definition) is 0. The first-order chi connectivity index (χ1) is 17.4. The summed E-state index contributed by atoms with van der Waals surface area (Å²) in [6.45, 7) is 24.9. The molecule has 1 heterocycles. The van der Waals surface area contributed by atoms with E-state index >= 15 is 0 Å². The highest BCUT2D eigenvalue weighted by Crippen LogP contribution is 2.08. The normalized spacial score (nSPS) is 9.17. The lowest BCUT2D eigenvalue weighted by molar-refractivity contribution is -0.138. The molecule has 1 unspecified atom stereocenters. The van der Waals surface area contributed by atoms with Crippen molar-refractivity contribution in [3.63, 3.8) is 0 Å². The molecule has 0 aromatic heterocycles. The number of aryl methyl sites for hydroxylation is 1. The number of rotatable bonds is 7. The van der Waals surface area contributed by atoms with Crippen molar-refractivity contribution < 1.29 is 23.7 Å². The molecule has 5 nitrogen and oxygen atoms in total. The van der Waals surface area contributed by atoms with Crippen molar-refractivity contribution in [2.75, 3.05) is 26.4 Å². The Morgan fingerprint density at radius 2 is 1.13 bits per heavy atom. The summed E-state index contributed by atoms with van der Waals surface area (Å²) in [5.41, 5.74) is 1.86. The lowest BCUT2D eigenvalue weighted by Gasteiger charge is -1.99. The molecule has 0 aliphatic carbocycles. The van der Waals surface area contributed by atoms with Crippen LogP contribution in [0.3, 0.4) is 0 Å². The van der Waals surface area contributed by atoms with Gasteiger partial charge in [0.1, 0.15) is 12.4 Å². The maximum absolute atomic E-state index is 10.4.